The van der Waals surface area contributed by atoms with Gasteiger partial charge in [-0.05, 0) is 61.1 Å². The lowest BCUT2D eigenvalue weighted by molar-refractivity contribution is 0.0303. The molecule has 3 rings (SSSR count). The maximum absolute atomic E-state index is 12.7. The van der Waals surface area contributed by atoms with Crippen molar-refractivity contribution in [3.8, 4) is 5.75 Å². The minimum Gasteiger partial charge on any atom is -0.494 e. The largest absolute Gasteiger partial charge is 0.494 e. The van der Waals surface area contributed by atoms with Crippen LogP contribution in [0.15, 0.2) is 48.5 Å². The van der Waals surface area contributed by atoms with Crippen LogP contribution in [-0.4, -0.2) is 54.7 Å². The van der Waals surface area contributed by atoms with Gasteiger partial charge in [0.2, 0.25) is 0 Å². The summed E-state index contributed by atoms with van der Waals surface area (Å²) in [5.41, 5.74) is 1.67. The standard InChI is InChI=1S/C26H33N3O4S/c1-2-3-4-5-6-16-33-23-12-10-20(11-13-23)24(30)28-26(34)27-22-9-7-8-21(19-22)25(31)29-14-17-32-18-15-29/h7-13,19H,2-6,14-18H2,1H3,(H2,27,28,30,34). The first-order valence-electron chi connectivity index (χ1n) is 11.9. The van der Waals surface area contributed by atoms with Gasteiger partial charge in [0.05, 0.1) is 19.8 Å². The molecule has 1 fully saturated rings. The first kappa shape index (κ1) is 25.6. The number of nitrogens with zero attached hydrogens (tertiary/aromatic N) is 1. The Labute approximate surface area is 206 Å². The fourth-order valence-electron chi connectivity index (χ4n) is 3.61. The molecule has 2 amide bonds. The van der Waals surface area contributed by atoms with E-state index in [2.05, 4.69) is 17.6 Å². The Kier molecular flexibility index (Phi) is 10.3. The molecule has 2 N–H and O–H groups in total. The van der Waals surface area contributed by atoms with Gasteiger partial charge in [0.25, 0.3) is 11.8 Å². The maximum Gasteiger partial charge on any atom is 0.257 e. The molecule has 8 heteroatoms. The van der Waals surface area contributed by atoms with E-state index in [0.29, 0.717) is 49.7 Å². The van der Waals surface area contributed by atoms with Crippen LogP contribution in [-0.2, 0) is 4.74 Å². The van der Waals surface area contributed by atoms with Crippen LogP contribution in [0.4, 0.5) is 5.69 Å². The van der Waals surface area contributed by atoms with Crippen LogP contribution in [0.1, 0.15) is 59.7 Å². The number of anilines is 1. The highest BCUT2D eigenvalue weighted by Crippen LogP contribution is 2.15. The second kappa shape index (κ2) is 13.7. The summed E-state index contributed by atoms with van der Waals surface area (Å²) in [6.45, 7) is 5.13. The van der Waals surface area contributed by atoms with E-state index in [4.69, 9.17) is 21.7 Å². The molecule has 182 valence electrons. The number of benzene rings is 2. The lowest BCUT2D eigenvalue weighted by Gasteiger charge is -2.27. The van der Waals surface area contributed by atoms with Crippen molar-refractivity contribution in [2.24, 2.45) is 0 Å². The Morgan fingerprint density at radius 3 is 2.47 bits per heavy atom. The Morgan fingerprint density at radius 1 is 1.00 bits per heavy atom. The summed E-state index contributed by atoms with van der Waals surface area (Å²) in [5, 5.41) is 5.82. The number of nitrogens with one attached hydrogen (secondary N) is 2. The zero-order valence-electron chi connectivity index (χ0n) is 19.7. The van der Waals surface area contributed by atoms with Crippen LogP contribution in [0.25, 0.3) is 0 Å². The van der Waals surface area contributed by atoms with Crippen LogP contribution in [0.5, 0.6) is 5.75 Å². The molecular formula is C26H33N3O4S. The van der Waals surface area contributed by atoms with Crippen molar-refractivity contribution in [1.82, 2.24) is 10.2 Å². The summed E-state index contributed by atoms with van der Waals surface area (Å²) in [7, 11) is 0. The van der Waals surface area contributed by atoms with Crippen LogP contribution in [0.3, 0.4) is 0 Å². The third-order valence-electron chi connectivity index (χ3n) is 5.53. The number of ether oxygens (including phenoxy) is 2. The van der Waals surface area contributed by atoms with E-state index >= 15 is 0 Å². The summed E-state index contributed by atoms with van der Waals surface area (Å²) in [5.74, 6) is 0.379. The molecule has 0 aliphatic carbocycles. The second-order valence-electron chi connectivity index (χ2n) is 8.18. The number of carbonyl (C=O) groups is 2. The molecule has 2 aromatic carbocycles. The normalized spacial score (nSPS) is 13.3. The Balaban J connectivity index is 1.46. The molecular weight excluding hydrogens is 450 g/mol. The number of hydrogen-bond acceptors (Lipinski definition) is 5. The minimum atomic E-state index is -0.316. The van der Waals surface area contributed by atoms with Gasteiger partial charge in [0, 0.05) is 29.9 Å². The molecule has 0 unspecified atom stereocenters. The molecule has 1 saturated heterocycles. The summed E-state index contributed by atoms with van der Waals surface area (Å²) < 4.78 is 11.1. The maximum atomic E-state index is 12.7. The molecule has 0 aromatic heterocycles. The number of morpholine rings is 1. The molecule has 34 heavy (non-hydrogen) atoms. The van der Waals surface area contributed by atoms with E-state index in [0.717, 1.165) is 12.2 Å². The predicted octanol–water partition coefficient (Wildman–Crippen LogP) is 4.64. The molecule has 1 aliphatic rings. The van der Waals surface area contributed by atoms with Crippen molar-refractivity contribution in [2.75, 3.05) is 38.2 Å². The Hall–Kier alpha value is -2.97. The zero-order chi connectivity index (χ0) is 24.2. The van der Waals surface area contributed by atoms with Crippen LogP contribution in [0.2, 0.25) is 0 Å². The Bertz CT molecular complexity index is 959. The fraction of sp³-hybridized carbons (Fsp3) is 0.423. The number of carbonyl (C=O) groups excluding carboxylic acids is 2. The average molecular weight is 484 g/mol. The second-order valence-corrected chi connectivity index (χ2v) is 8.59. The molecule has 7 nitrogen and oxygen atoms in total. The number of rotatable bonds is 10. The quantitative estimate of drug-likeness (QED) is 0.379. The van der Waals surface area contributed by atoms with Gasteiger partial charge in [-0.1, -0.05) is 38.7 Å². The molecule has 0 saturated carbocycles. The third kappa shape index (κ3) is 8.11. The van der Waals surface area contributed by atoms with Gasteiger partial charge in [0.1, 0.15) is 5.75 Å². The number of hydrogen-bond donors (Lipinski definition) is 2. The first-order valence-corrected chi connectivity index (χ1v) is 12.3. The highest BCUT2D eigenvalue weighted by Gasteiger charge is 2.18. The first-order chi connectivity index (χ1) is 16.6. The summed E-state index contributed by atoms with van der Waals surface area (Å²) in [6, 6.07) is 14.1. The number of amides is 2. The van der Waals surface area contributed by atoms with Gasteiger partial charge < -0.3 is 19.7 Å². The van der Waals surface area contributed by atoms with Crippen LogP contribution < -0.4 is 15.4 Å². The van der Waals surface area contributed by atoms with E-state index < -0.39 is 0 Å². The molecule has 1 aliphatic heterocycles. The van der Waals surface area contributed by atoms with Crippen molar-refractivity contribution in [3.63, 3.8) is 0 Å². The van der Waals surface area contributed by atoms with E-state index in [-0.39, 0.29) is 16.9 Å². The van der Waals surface area contributed by atoms with E-state index in [1.807, 2.05) is 0 Å². The van der Waals surface area contributed by atoms with Crippen LogP contribution in [0, 0.1) is 0 Å². The van der Waals surface area contributed by atoms with E-state index in [9.17, 15) is 9.59 Å². The predicted molar refractivity (Wildman–Crippen MR) is 138 cm³/mol. The van der Waals surface area contributed by atoms with E-state index in [1.165, 1.54) is 25.7 Å². The van der Waals surface area contributed by atoms with Crippen molar-refractivity contribution >= 4 is 34.8 Å². The molecule has 0 atom stereocenters. The molecule has 0 bridgehead atoms. The van der Waals surface area contributed by atoms with Crippen LogP contribution >= 0.6 is 12.2 Å². The van der Waals surface area contributed by atoms with Gasteiger partial charge in [-0.2, -0.15) is 0 Å². The van der Waals surface area contributed by atoms with Gasteiger partial charge in [0.15, 0.2) is 5.11 Å². The molecule has 0 radical (unpaired) electrons. The number of unbranched alkanes of at least 4 members (excludes halogenated alkanes) is 4. The summed E-state index contributed by atoms with van der Waals surface area (Å²) >= 11 is 5.29. The van der Waals surface area contributed by atoms with Crippen molar-refractivity contribution in [2.45, 2.75) is 39.0 Å². The van der Waals surface area contributed by atoms with Gasteiger partial charge in [-0.25, -0.2) is 0 Å². The third-order valence-corrected chi connectivity index (χ3v) is 5.73. The zero-order valence-corrected chi connectivity index (χ0v) is 20.5. The van der Waals surface area contributed by atoms with Gasteiger partial charge >= 0.3 is 0 Å². The minimum absolute atomic E-state index is 0.0508. The lowest BCUT2D eigenvalue weighted by atomic mass is 10.1. The summed E-state index contributed by atoms with van der Waals surface area (Å²) in [6.07, 6.45) is 5.93. The molecule has 0 spiro atoms. The SMILES string of the molecule is CCCCCCCOc1ccc(C(=O)NC(=S)Nc2cccc(C(=O)N3CCOCC3)c2)cc1. The Morgan fingerprint density at radius 2 is 1.74 bits per heavy atom. The van der Waals surface area contributed by atoms with Crippen molar-refractivity contribution < 1.29 is 19.1 Å². The van der Waals surface area contributed by atoms with E-state index in [1.54, 1.807) is 53.4 Å². The lowest BCUT2D eigenvalue weighted by Crippen LogP contribution is -2.40. The van der Waals surface area contributed by atoms with Crippen molar-refractivity contribution in [3.05, 3.63) is 59.7 Å². The average Bonchev–Trinajstić information content (AvgIpc) is 2.86. The highest BCUT2D eigenvalue weighted by atomic mass is 32.1. The highest BCUT2D eigenvalue weighted by molar-refractivity contribution is 7.80. The van der Waals surface area contributed by atoms with Crippen molar-refractivity contribution in [1.29, 1.82) is 0 Å². The molecule has 1 heterocycles. The monoisotopic (exact) mass is 483 g/mol. The molecule has 2 aromatic rings. The van der Waals surface area contributed by atoms with Gasteiger partial charge in [-0.3, -0.25) is 14.9 Å². The smallest absolute Gasteiger partial charge is 0.257 e. The summed E-state index contributed by atoms with van der Waals surface area (Å²) in [4.78, 5) is 27.0. The topological polar surface area (TPSA) is 79.9 Å². The number of thiocarbonyl (C=S) groups is 1. The van der Waals surface area contributed by atoms with Gasteiger partial charge in [-0.15, -0.1) is 0 Å². The fourth-order valence-corrected chi connectivity index (χ4v) is 3.83.